The Labute approximate surface area is 92.1 Å². The van der Waals surface area contributed by atoms with Gasteiger partial charge in [-0.15, -0.1) is 4.91 Å². The maximum atomic E-state index is 10.4. The molecule has 0 atom stereocenters. The van der Waals surface area contributed by atoms with Crippen LogP contribution in [0.1, 0.15) is 18.3 Å². The molecule has 5 nitrogen and oxygen atoms in total. The number of rotatable bonds is 3. The lowest BCUT2D eigenvalue weighted by atomic mass is 10.2. The van der Waals surface area contributed by atoms with Gasteiger partial charge in [-0.25, -0.2) is 9.97 Å². The SMILES string of the molecule is C=C(N=O)c1cc(C(=C)C)n2ccnc2n1. The van der Waals surface area contributed by atoms with Gasteiger partial charge in [0, 0.05) is 12.4 Å². The number of nitrogens with zero attached hydrogens (tertiary/aromatic N) is 4. The van der Waals surface area contributed by atoms with E-state index in [9.17, 15) is 4.91 Å². The summed E-state index contributed by atoms with van der Waals surface area (Å²) in [6, 6.07) is 1.72. The zero-order valence-electron chi connectivity index (χ0n) is 8.84. The molecule has 0 spiro atoms. The zero-order valence-corrected chi connectivity index (χ0v) is 8.84. The Hall–Kier alpha value is -2.30. The fraction of sp³-hybridized carbons (Fsp3) is 0.0909. The molecule has 0 aliphatic carbocycles. The Morgan fingerprint density at radius 3 is 2.88 bits per heavy atom. The van der Waals surface area contributed by atoms with Crippen molar-refractivity contribution in [2.24, 2.45) is 5.18 Å². The second-order valence-corrected chi connectivity index (χ2v) is 3.44. The summed E-state index contributed by atoms with van der Waals surface area (Å²) in [6.45, 7) is 9.26. The molecular weight excluding hydrogens is 204 g/mol. The summed E-state index contributed by atoms with van der Waals surface area (Å²) in [5, 5.41) is 2.78. The first-order valence-corrected chi connectivity index (χ1v) is 4.66. The molecule has 0 radical (unpaired) electrons. The molecule has 0 aromatic carbocycles. The fourth-order valence-electron chi connectivity index (χ4n) is 1.43. The lowest BCUT2D eigenvalue weighted by Crippen LogP contribution is -1.99. The highest BCUT2D eigenvalue weighted by Crippen LogP contribution is 2.18. The first-order chi connectivity index (χ1) is 7.63. The second kappa shape index (κ2) is 3.69. The van der Waals surface area contributed by atoms with E-state index in [2.05, 4.69) is 28.3 Å². The normalized spacial score (nSPS) is 10.3. The van der Waals surface area contributed by atoms with Crippen LogP contribution in [-0.4, -0.2) is 14.4 Å². The standard InChI is InChI=1S/C11H10N4O/c1-7(2)10-6-9(8(3)14-16)13-11-12-4-5-15(10)11/h4-6H,1,3H2,2H3. The van der Waals surface area contributed by atoms with Crippen molar-refractivity contribution in [1.29, 1.82) is 0 Å². The van der Waals surface area contributed by atoms with Crippen LogP contribution in [0.25, 0.3) is 17.0 Å². The molecule has 0 unspecified atom stereocenters. The van der Waals surface area contributed by atoms with Crippen molar-refractivity contribution in [3.05, 3.63) is 47.9 Å². The lowest BCUT2D eigenvalue weighted by molar-refractivity contribution is 1.06. The Kier molecular flexibility index (Phi) is 2.36. The molecule has 16 heavy (non-hydrogen) atoms. The first kappa shape index (κ1) is 10.2. The van der Waals surface area contributed by atoms with Gasteiger partial charge in [-0.05, 0) is 23.7 Å². The molecule has 2 aromatic heterocycles. The van der Waals surface area contributed by atoms with Gasteiger partial charge in [-0.2, -0.15) is 0 Å². The number of fused-ring (bicyclic) bond motifs is 1. The van der Waals surface area contributed by atoms with Gasteiger partial charge in [0.1, 0.15) is 5.70 Å². The van der Waals surface area contributed by atoms with Crippen molar-refractivity contribution in [3.63, 3.8) is 0 Å². The molecule has 2 rings (SSSR count). The van der Waals surface area contributed by atoms with E-state index < -0.39 is 0 Å². The highest BCUT2D eigenvalue weighted by Gasteiger charge is 2.09. The summed E-state index contributed by atoms with van der Waals surface area (Å²) in [4.78, 5) is 18.7. The summed E-state index contributed by atoms with van der Waals surface area (Å²) in [6.07, 6.45) is 3.42. The molecule has 2 aromatic rings. The molecule has 0 N–H and O–H groups in total. The van der Waals surface area contributed by atoms with E-state index in [0.717, 1.165) is 11.3 Å². The quantitative estimate of drug-likeness (QED) is 0.737. The number of hydrogen-bond acceptors (Lipinski definition) is 4. The number of allylic oxidation sites excluding steroid dienone is 1. The van der Waals surface area contributed by atoms with Crippen molar-refractivity contribution in [3.8, 4) is 0 Å². The second-order valence-electron chi connectivity index (χ2n) is 3.44. The van der Waals surface area contributed by atoms with Gasteiger partial charge in [0.25, 0.3) is 0 Å². The Balaban J connectivity index is 2.75. The van der Waals surface area contributed by atoms with Crippen LogP contribution in [0.5, 0.6) is 0 Å². The lowest BCUT2D eigenvalue weighted by Gasteiger charge is -2.06. The molecule has 0 amide bonds. The highest BCUT2D eigenvalue weighted by molar-refractivity contribution is 5.67. The van der Waals surface area contributed by atoms with E-state index in [4.69, 9.17) is 0 Å². The van der Waals surface area contributed by atoms with E-state index in [1.54, 1.807) is 22.9 Å². The molecular formula is C11H10N4O. The minimum atomic E-state index is 0.0907. The average molecular weight is 214 g/mol. The Morgan fingerprint density at radius 2 is 2.25 bits per heavy atom. The predicted molar refractivity (Wildman–Crippen MR) is 62.5 cm³/mol. The summed E-state index contributed by atoms with van der Waals surface area (Å²) in [7, 11) is 0. The minimum absolute atomic E-state index is 0.0907. The monoisotopic (exact) mass is 214 g/mol. The largest absolute Gasteiger partial charge is 0.284 e. The van der Waals surface area contributed by atoms with Crippen LogP contribution in [0.2, 0.25) is 0 Å². The van der Waals surface area contributed by atoms with Gasteiger partial charge in [-0.1, -0.05) is 13.2 Å². The molecule has 80 valence electrons. The molecule has 5 heteroatoms. The topological polar surface area (TPSA) is 59.6 Å². The molecule has 0 aliphatic heterocycles. The van der Waals surface area contributed by atoms with E-state index in [1.807, 2.05) is 6.92 Å². The Bertz CT molecular complexity index is 597. The summed E-state index contributed by atoms with van der Waals surface area (Å²) >= 11 is 0. The molecule has 2 heterocycles. The van der Waals surface area contributed by atoms with Gasteiger partial charge < -0.3 is 0 Å². The number of nitroso groups, excluding NO2 is 1. The maximum Gasteiger partial charge on any atom is 0.234 e. The summed E-state index contributed by atoms with van der Waals surface area (Å²) < 4.78 is 1.80. The third-order valence-corrected chi connectivity index (χ3v) is 2.22. The van der Waals surface area contributed by atoms with Gasteiger partial charge in [-0.3, -0.25) is 4.40 Å². The molecule has 0 saturated carbocycles. The number of imidazole rings is 1. The van der Waals surface area contributed by atoms with Crippen LogP contribution in [0.4, 0.5) is 0 Å². The van der Waals surface area contributed by atoms with Crippen LogP contribution >= 0.6 is 0 Å². The predicted octanol–water partition coefficient (Wildman–Crippen LogP) is 2.50. The van der Waals surface area contributed by atoms with Crippen molar-refractivity contribution in [2.45, 2.75) is 6.92 Å². The third-order valence-electron chi connectivity index (χ3n) is 2.22. The van der Waals surface area contributed by atoms with Crippen LogP contribution in [0.15, 0.2) is 36.8 Å². The van der Waals surface area contributed by atoms with Crippen molar-refractivity contribution in [1.82, 2.24) is 14.4 Å². The summed E-state index contributed by atoms with van der Waals surface area (Å²) in [5.74, 6) is 0.500. The van der Waals surface area contributed by atoms with Crippen LogP contribution in [-0.2, 0) is 0 Å². The van der Waals surface area contributed by atoms with E-state index in [1.165, 1.54) is 0 Å². The van der Waals surface area contributed by atoms with Crippen molar-refractivity contribution < 1.29 is 0 Å². The molecule has 0 saturated heterocycles. The number of aromatic nitrogens is 3. The maximum absolute atomic E-state index is 10.4. The third kappa shape index (κ3) is 1.52. The van der Waals surface area contributed by atoms with Gasteiger partial charge >= 0.3 is 0 Å². The van der Waals surface area contributed by atoms with Gasteiger partial charge in [0.05, 0.1) is 11.4 Å². The average Bonchev–Trinajstić information content (AvgIpc) is 2.74. The first-order valence-electron chi connectivity index (χ1n) is 4.66. The molecule has 0 bridgehead atoms. The minimum Gasteiger partial charge on any atom is -0.284 e. The van der Waals surface area contributed by atoms with E-state index >= 15 is 0 Å². The molecule has 0 fully saturated rings. The number of hydrogen-bond donors (Lipinski definition) is 0. The van der Waals surface area contributed by atoms with E-state index in [0.29, 0.717) is 11.5 Å². The van der Waals surface area contributed by atoms with Crippen molar-refractivity contribution in [2.75, 3.05) is 0 Å². The van der Waals surface area contributed by atoms with Crippen LogP contribution < -0.4 is 0 Å². The van der Waals surface area contributed by atoms with Gasteiger partial charge in [0.15, 0.2) is 0 Å². The van der Waals surface area contributed by atoms with Crippen molar-refractivity contribution >= 4 is 17.0 Å². The molecule has 0 aliphatic rings. The zero-order chi connectivity index (χ0) is 11.7. The highest BCUT2D eigenvalue weighted by atomic mass is 16.3. The Morgan fingerprint density at radius 1 is 1.50 bits per heavy atom. The van der Waals surface area contributed by atoms with Crippen LogP contribution in [0, 0.1) is 4.91 Å². The smallest absolute Gasteiger partial charge is 0.234 e. The van der Waals surface area contributed by atoms with Gasteiger partial charge in [0.2, 0.25) is 5.78 Å². The summed E-state index contributed by atoms with van der Waals surface area (Å²) in [5.41, 5.74) is 2.20. The van der Waals surface area contributed by atoms with E-state index in [-0.39, 0.29) is 5.70 Å². The fourth-order valence-corrected chi connectivity index (χ4v) is 1.43. The van der Waals surface area contributed by atoms with Crippen LogP contribution in [0.3, 0.4) is 0 Å².